The van der Waals surface area contributed by atoms with Gasteiger partial charge in [0.15, 0.2) is 5.82 Å². The molecule has 0 aliphatic rings. The highest BCUT2D eigenvalue weighted by Crippen LogP contribution is 2.20. The summed E-state index contributed by atoms with van der Waals surface area (Å²) in [6.07, 6.45) is 0.811. The summed E-state index contributed by atoms with van der Waals surface area (Å²) in [4.78, 5) is 28.9. The van der Waals surface area contributed by atoms with Crippen LogP contribution in [0.1, 0.15) is 35.9 Å². The Balaban J connectivity index is 1.46. The molecule has 0 aliphatic carbocycles. The lowest BCUT2D eigenvalue weighted by atomic mass is 10.1. The van der Waals surface area contributed by atoms with E-state index >= 15 is 0 Å². The molecule has 156 valence electrons. The van der Waals surface area contributed by atoms with Gasteiger partial charge in [0, 0.05) is 24.2 Å². The monoisotopic (exact) mass is 407 g/mol. The fraction of sp³-hybridized carbons (Fsp3) is 0.273. The third-order valence-electron chi connectivity index (χ3n) is 4.30. The molecule has 3 aromatic rings. The van der Waals surface area contributed by atoms with Gasteiger partial charge in [-0.05, 0) is 44.5 Å². The predicted octanol–water partition coefficient (Wildman–Crippen LogP) is 3.33. The second-order valence-corrected chi connectivity index (χ2v) is 6.66. The van der Waals surface area contributed by atoms with Crippen LogP contribution in [0.5, 0.6) is 5.75 Å². The first-order chi connectivity index (χ1) is 14.6. The van der Waals surface area contributed by atoms with Crippen LogP contribution in [0, 0.1) is 6.92 Å². The SMILES string of the molecule is CCOc1ccccc1C(=O)NCCCC(=O)Nc1cccc(-c2n[nH]c(C)n2)c1. The second kappa shape index (κ2) is 10.2. The summed E-state index contributed by atoms with van der Waals surface area (Å²) in [5, 5.41) is 12.6. The number of para-hydroxylation sites is 1. The zero-order valence-corrected chi connectivity index (χ0v) is 17.1. The average Bonchev–Trinajstić information content (AvgIpc) is 3.18. The van der Waals surface area contributed by atoms with Crippen molar-refractivity contribution in [1.29, 1.82) is 0 Å². The molecular weight excluding hydrogens is 382 g/mol. The highest BCUT2D eigenvalue weighted by Gasteiger charge is 2.12. The van der Waals surface area contributed by atoms with Crippen LogP contribution in [-0.2, 0) is 4.79 Å². The van der Waals surface area contributed by atoms with E-state index in [1.54, 1.807) is 18.2 Å². The van der Waals surface area contributed by atoms with Crippen LogP contribution >= 0.6 is 0 Å². The quantitative estimate of drug-likeness (QED) is 0.472. The van der Waals surface area contributed by atoms with Gasteiger partial charge in [-0.25, -0.2) is 4.98 Å². The Morgan fingerprint density at radius 2 is 1.97 bits per heavy atom. The lowest BCUT2D eigenvalue weighted by molar-refractivity contribution is -0.116. The van der Waals surface area contributed by atoms with E-state index in [-0.39, 0.29) is 18.2 Å². The Kier molecular flexibility index (Phi) is 7.15. The summed E-state index contributed by atoms with van der Waals surface area (Å²) < 4.78 is 5.48. The fourth-order valence-electron chi connectivity index (χ4n) is 2.91. The number of carbonyl (C=O) groups is 2. The van der Waals surface area contributed by atoms with Crippen molar-refractivity contribution in [1.82, 2.24) is 20.5 Å². The fourth-order valence-corrected chi connectivity index (χ4v) is 2.91. The van der Waals surface area contributed by atoms with Crippen molar-refractivity contribution in [2.45, 2.75) is 26.7 Å². The van der Waals surface area contributed by atoms with Gasteiger partial charge >= 0.3 is 0 Å². The molecule has 8 heteroatoms. The molecule has 1 aromatic heterocycles. The minimum Gasteiger partial charge on any atom is -0.493 e. The minimum atomic E-state index is -0.214. The Morgan fingerprint density at radius 1 is 1.13 bits per heavy atom. The van der Waals surface area contributed by atoms with Crippen molar-refractivity contribution in [3.8, 4) is 17.1 Å². The number of nitrogens with one attached hydrogen (secondary N) is 3. The number of nitrogens with zero attached hydrogens (tertiary/aromatic N) is 2. The highest BCUT2D eigenvalue weighted by atomic mass is 16.5. The molecule has 2 amide bonds. The molecule has 0 saturated heterocycles. The normalized spacial score (nSPS) is 10.5. The highest BCUT2D eigenvalue weighted by molar-refractivity contribution is 5.97. The van der Waals surface area contributed by atoms with E-state index < -0.39 is 0 Å². The van der Waals surface area contributed by atoms with Gasteiger partial charge in [-0.3, -0.25) is 14.7 Å². The maximum absolute atomic E-state index is 12.3. The number of H-pyrrole nitrogens is 1. The van der Waals surface area contributed by atoms with E-state index in [0.29, 0.717) is 42.4 Å². The van der Waals surface area contributed by atoms with Gasteiger partial charge < -0.3 is 15.4 Å². The van der Waals surface area contributed by atoms with Crippen molar-refractivity contribution < 1.29 is 14.3 Å². The van der Waals surface area contributed by atoms with Crippen LogP contribution in [0.2, 0.25) is 0 Å². The third-order valence-corrected chi connectivity index (χ3v) is 4.30. The number of aromatic nitrogens is 3. The molecule has 8 nitrogen and oxygen atoms in total. The molecule has 0 fully saturated rings. The summed E-state index contributed by atoms with van der Waals surface area (Å²) in [5.41, 5.74) is 1.98. The molecule has 0 saturated carbocycles. The number of amides is 2. The van der Waals surface area contributed by atoms with Crippen molar-refractivity contribution in [2.24, 2.45) is 0 Å². The molecule has 0 unspecified atom stereocenters. The summed E-state index contributed by atoms with van der Waals surface area (Å²) >= 11 is 0. The van der Waals surface area contributed by atoms with Gasteiger partial charge in [-0.1, -0.05) is 24.3 Å². The first kappa shape index (κ1) is 21.0. The molecular formula is C22H25N5O3. The van der Waals surface area contributed by atoms with E-state index in [9.17, 15) is 9.59 Å². The molecule has 3 rings (SSSR count). The molecule has 0 aliphatic heterocycles. The molecule has 0 atom stereocenters. The largest absolute Gasteiger partial charge is 0.493 e. The number of ether oxygens (including phenoxy) is 1. The average molecular weight is 407 g/mol. The Labute approximate surface area is 175 Å². The van der Waals surface area contributed by atoms with Gasteiger partial charge in [0.05, 0.1) is 12.2 Å². The Bertz CT molecular complexity index is 1020. The van der Waals surface area contributed by atoms with E-state index in [1.807, 2.05) is 44.2 Å². The maximum Gasteiger partial charge on any atom is 0.255 e. The molecule has 3 N–H and O–H groups in total. The summed E-state index contributed by atoms with van der Waals surface area (Å²) in [5.74, 6) is 1.52. The van der Waals surface area contributed by atoms with Crippen LogP contribution in [0.3, 0.4) is 0 Å². The third kappa shape index (κ3) is 5.66. The zero-order chi connectivity index (χ0) is 21.3. The number of hydrogen-bond acceptors (Lipinski definition) is 5. The van der Waals surface area contributed by atoms with Crippen LogP contribution in [0.15, 0.2) is 48.5 Å². The van der Waals surface area contributed by atoms with Crippen LogP contribution in [-0.4, -0.2) is 40.1 Å². The van der Waals surface area contributed by atoms with Crippen molar-refractivity contribution >= 4 is 17.5 Å². The van der Waals surface area contributed by atoms with Crippen LogP contribution < -0.4 is 15.4 Å². The molecule has 30 heavy (non-hydrogen) atoms. The number of rotatable bonds is 9. The van der Waals surface area contributed by atoms with Gasteiger partial charge in [-0.15, -0.1) is 0 Å². The van der Waals surface area contributed by atoms with E-state index in [0.717, 1.165) is 11.4 Å². The van der Waals surface area contributed by atoms with Gasteiger partial charge in [0.1, 0.15) is 11.6 Å². The van der Waals surface area contributed by atoms with Crippen LogP contribution in [0.4, 0.5) is 5.69 Å². The van der Waals surface area contributed by atoms with Gasteiger partial charge in [0.2, 0.25) is 5.91 Å². The Hall–Kier alpha value is -3.68. The zero-order valence-electron chi connectivity index (χ0n) is 17.1. The van der Waals surface area contributed by atoms with Crippen LogP contribution in [0.25, 0.3) is 11.4 Å². The Morgan fingerprint density at radius 3 is 2.73 bits per heavy atom. The number of aromatic amines is 1. The van der Waals surface area contributed by atoms with Crippen molar-refractivity contribution in [3.63, 3.8) is 0 Å². The first-order valence-electron chi connectivity index (χ1n) is 9.86. The van der Waals surface area contributed by atoms with Crippen molar-refractivity contribution in [3.05, 3.63) is 59.9 Å². The molecule has 2 aromatic carbocycles. The molecule has 0 spiro atoms. The maximum atomic E-state index is 12.3. The lowest BCUT2D eigenvalue weighted by Crippen LogP contribution is -2.26. The summed E-state index contributed by atoms with van der Waals surface area (Å²) in [7, 11) is 0. The van der Waals surface area contributed by atoms with Gasteiger partial charge in [0.25, 0.3) is 5.91 Å². The van der Waals surface area contributed by atoms with E-state index in [2.05, 4.69) is 25.8 Å². The summed E-state index contributed by atoms with van der Waals surface area (Å²) in [6.45, 7) is 4.58. The van der Waals surface area contributed by atoms with E-state index in [1.165, 1.54) is 0 Å². The number of aryl methyl sites for hydroxylation is 1. The number of carbonyl (C=O) groups excluding carboxylic acids is 2. The lowest BCUT2D eigenvalue weighted by Gasteiger charge is -2.10. The number of anilines is 1. The smallest absolute Gasteiger partial charge is 0.255 e. The minimum absolute atomic E-state index is 0.123. The molecule has 1 heterocycles. The van der Waals surface area contributed by atoms with E-state index in [4.69, 9.17) is 4.74 Å². The molecule has 0 bridgehead atoms. The number of hydrogen-bond donors (Lipinski definition) is 3. The number of benzene rings is 2. The standard InChI is InChI=1S/C22H25N5O3/c1-3-30-19-11-5-4-10-18(19)22(29)23-13-7-12-20(28)25-17-9-6-8-16(14-17)21-24-15(2)26-27-21/h4-6,8-11,14H,3,7,12-13H2,1-2H3,(H,23,29)(H,25,28)(H,24,26,27). The van der Waals surface area contributed by atoms with Gasteiger partial charge in [-0.2, -0.15) is 5.10 Å². The van der Waals surface area contributed by atoms with Crippen molar-refractivity contribution in [2.75, 3.05) is 18.5 Å². The summed E-state index contributed by atoms with van der Waals surface area (Å²) in [6, 6.07) is 14.5. The topological polar surface area (TPSA) is 109 Å². The second-order valence-electron chi connectivity index (χ2n) is 6.66. The molecule has 0 radical (unpaired) electrons. The first-order valence-corrected chi connectivity index (χ1v) is 9.86. The predicted molar refractivity (Wildman–Crippen MR) is 114 cm³/mol.